The highest BCUT2D eigenvalue weighted by molar-refractivity contribution is 8.18. The summed E-state index contributed by atoms with van der Waals surface area (Å²) in [5, 5.41) is 14.2. The Balaban J connectivity index is 1.54. The number of hydrogen-bond acceptors (Lipinski definition) is 8. The lowest BCUT2D eigenvalue weighted by atomic mass is 10.1. The van der Waals surface area contributed by atoms with E-state index in [0.717, 1.165) is 11.3 Å². The number of allylic oxidation sites excluding steroid dienone is 2. The highest BCUT2D eigenvalue weighted by Crippen LogP contribution is 2.50. The molecular weight excluding hydrogens is 481 g/mol. The highest BCUT2D eigenvalue weighted by Gasteiger charge is 2.34. The van der Waals surface area contributed by atoms with Gasteiger partial charge in [-0.3, -0.25) is 4.62 Å². The second kappa shape index (κ2) is 11.0. The number of phosphoric acid groups is 1. The predicted octanol–water partition coefficient (Wildman–Crippen LogP) is 6.89. The van der Waals surface area contributed by atoms with Crippen LogP contribution in [0.25, 0.3) is 5.57 Å². The summed E-state index contributed by atoms with van der Waals surface area (Å²) in [5.74, 6) is 0.630. The third-order valence-electron chi connectivity index (χ3n) is 4.77. The Kier molecular flexibility index (Phi) is 7.61. The molecule has 0 atom stereocenters. The Hall–Kier alpha value is -3.92. The Labute approximate surface area is 208 Å². The summed E-state index contributed by atoms with van der Waals surface area (Å²) in [7, 11) is -0.245. The van der Waals surface area contributed by atoms with E-state index in [2.05, 4.69) is 11.2 Å². The van der Waals surface area contributed by atoms with Crippen LogP contribution in [-0.2, 0) is 9.19 Å². The molecule has 3 aromatic rings. The van der Waals surface area contributed by atoms with Gasteiger partial charge in [-0.2, -0.15) is 9.83 Å². The number of thioether (sulfide) groups is 1. The van der Waals surface area contributed by atoms with Crippen LogP contribution in [0, 0.1) is 11.3 Å². The van der Waals surface area contributed by atoms with Gasteiger partial charge in [-0.15, -0.1) is 0 Å². The fourth-order valence-corrected chi connectivity index (χ4v) is 5.01. The van der Waals surface area contributed by atoms with Crippen molar-refractivity contribution in [3.05, 3.63) is 108 Å². The minimum absolute atomic E-state index is 0.315. The monoisotopic (exact) mass is 503 g/mol. The molecule has 0 aliphatic carbocycles. The van der Waals surface area contributed by atoms with Gasteiger partial charge in [-0.05, 0) is 54.1 Å². The molecule has 7 nitrogen and oxygen atoms in total. The molecule has 1 aliphatic rings. The van der Waals surface area contributed by atoms with Crippen LogP contribution in [0.3, 0.4) is 0 Å². The predicted molar refractivity (Wildman–Crippen MR) is 140 cm³/mol. The van der Waals surface area contributed by atoms with Gasteiger partial charge in [0.2, 0.25) is 0 Å². The Bertz CT molecular complexity index is 1300. The van der Waals surface area contributed by atoms with E-state index in [1.807, 2.05) is 55.4 Å². The van der Waals surface area contributed by atoms with Gasteiger partial charge in [-0.25, -0.2) is 0 Å². The molecule has 0 radical (unpaired) electrons. The second-order valence-corrected chi connectivity index (χ2v) is 9.98. The number of oxime groups is 1. The normalized spacial score (nSPS) is 15.4. The smallest absolute Gasteiger partial charge is 0.385 e. The summed E-state index contributed by atoms with van der Waals surface area (Å²) in [4.78, 5) is 2.69. The topological polar surface area (TPSA) is 84.2 Å². The maximum atomic E-state index is 13.4. The lowest BCUT2D eigenvalue weighted by Gasteiger charge is -2.16. The van der Waals surface area contributed by atoms with Crippen molar-refractivity contribution in [2.24, 2.45) is 5.16 Å². The van der Waals surface area contributed by atoms with Crippen LogP contribution in [0.5, 0.6) is 11.5 Å². The van der Waals surface area contributed by atoms with E-state index in [0.29, 0.717) is 27.0 Å². The summed E-state index contributed by atoms with van der Waals surface area (Å²) in [5.41, 5.74) is 2.33. The van der Waals surface area contributed by atoms with Crippen molar-refractivity contribution in [3.8, 4) is 17.6 Å². The lowest BCUT2D eigenvalue weighted by Crippen LogP contribution is -2.08. The summed E-state index contributed by atoms with van der Waals surface area (Å²) in [6, 6.07) is 27.1. The van der Waals surface area contributed by atoms with E-state index in [1.54, 1.807) is 60.7 Å². The fourth-order valence-electron chi connectivity index (χ4n) is 3.06. The van der Waals surface area contributed by atoms with Gasteiger partial charge in [0, 0.05) is 24.7 Å². The molecule has 4 rings (SSSR count). The van der Waals surface area contributed by atoms with Crippen LogP contribution in [0.4, 0.5) is 5.69 Å². The van der Waals surface area contributed by atoms with Crippen molar-refractivity contribution in [1.29, 1.82) is 5.26 Å². The first-order valence-corrected chi connectivity index (χ1v) is 12.9. The average Bonchev–Trinajstić information content (AvgIpc) is 3.33. The van der Waals surface area contributed by atoms with Crippen molar-refractivity contribution < 1.29 is 18.2 Å². The van der Waals surface area contributed by atoms with E-state index in [9.17, 15) is 9.83 Å². The van der Waals surface area contributed by atoms with Gasteiger partial charge in [0.15, 0.2) is 0 Å². The van der Waals surface area contributed by atoms with Crippen molar-refractivity contribution in [2.45, 2.75) is 0 Å². The van der Waals surface area contributed by atoms with Crippen molar-refractivity contribution in [1.82, 2.24) is 0 Å². The van der Waals surface area contributed by atoms with Gasteiger partial charge >= 0.3 is 7.82 Å². The van der Waals surface area contributed by atoms with Crippen LogP contribution in [0.1, 0.15) is 5.56 Å². The van der Waals surface area contributed by atoms with E-state index in [1.165, 1.54) is 11.8 Å². The van der Waals surface area contributed by atoms with E-state index in [4.69, 9.17) is 13.7 Å². The van der Waals surface area contributed by atoms with Crippen LogP contribution >= 0.6 is 19.6 Å². The number of nitrogens with zero attached hydrogens (tertiary/aromatic N) is 3. The molecule has 0 bridgehead atoms. The quantitative estimate of drug-likeness (QED) is 0.188. The minimum Gasteiger partial charge on any atom is -0.385 e. The van der Waals surface area contributed by atoms with Gasteiger partial charge in [0.1, 0.15) is 22.6 Å². The van der Waals surface area contributed by atoms with Crippen LogP contribution in [0.2, 0.25) is 0 Å². The number of anilines is 1. The third kappa shape index (κ3) is 6.36. The fraction of sp³-hybridized carbons (Fsp3) is 0.0769. The molecule has 0 saturated heterocycles. The van der Waals surface area contributed by atoms with Gasteiger partial charge < -0.3 is 13.9 Å². The molecule has 1 heterocycles. The molecule has 176 valence electrons. The van der Waals surface area contributed by atoms with E-state index >= 15 is 0 Å². The summed E-state index contributed by atoms with van der Waals surface area (Å²) >= 11 is 1.23. The largest absolute Gasteiger partial charge is 0.668 e. The Morgan fingerprint density at radius 2 is 1.46 bits per heavy atom. The molecule has 3 aromatic carbocycles. The Morgan fingerprint density at radius 1 is 0.886 bits per heavy atom. The average molecular weight is 504 g/mol. The maximum Gasteiger partial charge on any atom is 0.668 e. The van der Waals surface area contributed by atoms with Crippen LogP contribution < -0.4 is 13.9 Å². The second-order valence-electron chi connectivity index (χ2n) is 7.49. The zero-order valence-corrected chi connectivity index (χ0v) is 20.8. The number of rotatable bonds is 8. The molecule has 0 unspecified atom stereocenters. The van der Waals surface area contributed by atoms with Gasteiger partial charge in [-0.1, -0.05) is 65.4 Å². The SMILES string of the molecule is CN(C)c1ccc(/C(C#N)=C2C=C/C(=N\OP(=O)(Oc3ccccc3)Oc3ccccc3)S/2)cc1. The van der Waals surface area contributed by atoms with Crippen molar-refractivity contribution >= 4 is 35.9 Å². The molecule has 0 aromatic heterocycles. The molecular formula is C26H22N3O4PS. The molecule has 0 saturated carbocycles. The lowest BCUT2D eigenvalue weighted by molar-refractivity contribution is 0.219. The first-order valence-electron chi connectivity index (χ1n) is 10.6. The first-order chi connectivity index (χ1) is 17.0. The summed E-state index contributed by atoms with van der Waals surface area (Å²) < 4.78 is 29.9. The van der Waals surface area contributed by atoms with E-state index in [-0.39, 0.29) is 0 Å². The number of hydrogen-bond donors (Lipinski definition) is 0. The van der Waals surface area contributed by atoms with Crippen molar-refractivity contribution in [2.75, 3.05) is 19.0 Å². The Morgan fingerprint density at radius 3 is 1.97 bits per heavy atom. The molecule has 0 amide bonds. The number of benzene rings is 3. The van der Waals surface area contributed by atoms with Crippen LogP contribution in [-0.4, -0.2) is 19.1 Å². The van der Waals surface area contributed by atoms with E-state index < -0.39 is 7.82 Å². The van der Waals surface area contributed by atoms with Gasteiger partial charge in [0.05, 0.1) is 5.57 Å². The number of phosphoric ester groups is 1. The van der Waals surface area contributed by atoms with Gasteiger partial charge in [0.25, 0.3) is 0 Å². The maximum absolute atomic E-state index is 13.4. The molecule has 0 spiro atoms. The highest BCUT2D eigenvalue weighted by atomic mass is 32.2. The number of para-hydroxylation sites is 2. The molecule has 1 aliphatic heterocycles. The van der Waals surface area contributed by atoms with Crippen molar-refractivity contribution in [3.63, 3.8) is 0 Å². The minimum atomic E-state index is -4.16. The zero-order valence-electron chi connectivity index (χ0n) is 19.1. The zero-order chi connectivity index (χ0) is 24.7. The number of nitriles is 1. The van der Waals surface area contributed by atoms with Crippen LogP contribution in [0.15, 0.2) is 107 Å². The first kappa shape index (κ1) is 24.2. The molecule has 9 heteroatoms. The molecule has 35 heavy (non-hydrogen) atoms. The standard InChI is InChI=1S/C26H22N3O4PS/c1-29(2)21-15-13-20(14-16-21)24(19-27)25-17-18-26(35-25)28-33-34(30,31-22-9-5-3-6-10-22)32-23-11-7-4-8-12-23/h3-18H,1-2H3/b25-24-,28-26+. The molecule has 0 fully saturated rings. The molecule has 0 N–H and O–H groups in total. The summed E-state index contributed by atoms with van der Waals surface area (Å²) in [6.45, 7) is 0. The third-order valence-corrected chi connectivity index (χ3v) is 6.90. The summed E-state index contributed by atoms with van der Waals surface area (Å²) in [6.07, 6.45) is 3.45.